The summed E-state index contributed by atoms with van der Waals surface area (Å²) in [5, 5.41) is 3.61. The van der Waals surface area contributed by atoms with Crippen LogP contribution in [0.1, 0.15) is 40.0 Å². The Morgan fingerprint density at radius 1 is 1.50 bits per heavy atom. The molecule has 94 valence electrons. The normalized spacial score (nSPS) is 26.3. The molecule has 1 fully saturated rings. The molecule has 0 aliphatic carbocycles. The number of piperazine rings is 1. The topological polar surface area (TPSA) is 15.3 Å². The SMILES string of the molecule is C=CCC(C)C(C)N1CCNC(CCC)C1. The van der Waals surface area contributed by atoms with Gasteiger partial charge in [-0.25, -0.2) is 0 Å². The number of hydrogen-bond acceptors (Lipinski definition) is 2. The van der Waals surface area contributed by atoms with Gasteiger partial charge in [-0.15, -0.1) is 6.58 Å². The van der Waals surface area contributed by atoms with Crippen LogP contribution in [0, 0.1) is 5.92 Å². The van der Waals surface area contributed by atoms with E-state index < -0.39 is 0 Å². The van der Waals surface area contributed by atoms with E-state index in [2.05, 4.69) is 37.6 Å². The van der Waals surface area contributed by atoms with E-state index in [9.17, 15) is 0 Å². The number of nitrogens with zero attached hydrogens (tertiary/aromatic N) is 1. The van der Waals surface area contributed by atoms with E-state index >= 15 is 0 Å². The van der Waals surface area contributed by atoms with Crippen molar-refractivity contribution >= 4 is 0 Å². The summed E-state index contributed by atoms with van der Waals surface area (Å²) in [5.41, 5.74) is 0. The van der Waals surface area contributed by atoms with Crippen LogP contribution in [0.25, 0.3) is 0 Å². The third kappa shape index (κ3) is 3.91. The van der Waals surface area contributed by atoms with Gasteiger partial charge in [0.15, 0.2) is 0 Å². The van der Waals surface area contributed by atoms with Gasteiger partial charge in [0.05, 0.1) is 0 Å². The van der Waals surface area contributed by atoms with Gasteiger partial charge in [0.1, 0.15) is 0 Å². The van der Waals surface area contributed by atoms with E-state index in [1.165, 1.54) is 25.9 Å². The molecule has 2 heteroatoms. The largest absolute Gasteiger partial charge is 0.311 e. The van der Waals surface area contributed by atoms with E-state index in [1.807, 2.05) is 6.08 Å². The molecule has 1 saturated heterocycles. The lowest BCUT2D eigenvalue weighted by Crippen LogP contribution is -2.54. The lowest BCUT2D eigenvalue weighted by molar-refractivity contribution is 0.116. The number of nitrogens with one attached hydrogen (secondary N) is 1. The Balaban J connectivity index is 2.42. The first-order valence-electron chi connectivity index (χ1n) is 6.77. The Labute approximate surface area is 101 Å². The van der Waals surface area contributed by atoms with Crippen LogP contribution in [0.15, 0.2) is 12.7 Å². The Kier molecular flexibility index (Phi) is 6.07. The average Bonchev–Trinajstić information content (AvgIpc) is 2.29. The zero-order valence-corrected chi connectivity index (χ0v) is 11.2. The Morgan fingerprint density at radius 3 is 2.88 bits per heavy atom. The lowest BCUT2D eigenvalue weighted by atomic mass is 9.96. The monoisotopic (exact) mass is 224 g/mol. The summed E-state index contributed by atoms with van der Waals surface area (Å²) in [5.74, 6) is 0.720. The zero-order valence-electron chi connectivity index (χ0n) is 11.2. The van der Waals surface area contributed by atoms with Crippen LogP contribution in [0.3, 0.4) is 0 Å². The van der Waals surface area contributed by atoms with Gasteiger partial charge in [-0.05, 0) is 25.7 Å². The van der Waals surface area contributed by atoms with Gasteiger partial charge < -0.3 is 5.32 Å². The number of rotatable bonds is 6. The van der Waals surface area contributed by atoms with Crippen molar-refractivity contribution in [2.24, 2.45) is 5.92 Å². The molecule has 3 unspecified atom stereocenters. The molecule has 1 aliphatic rings. The van der Waals surface area contributed by atoms with Gasteiger partial charge in [-0.1, -0.05) is 26.3 Å². The predicted molar refractivity (Wildman–Crippen MR) is 71.7 cm³/mol. The van der Waals surface area contributed by atoms with Crippen LogP contribution in [0.5, 0.6) is 0 Å². The first kappa shape index (κ1) is 13.7. The van der Waals surface area contributed by atoms with E-state index in [1.54, 1.807) is 0 Å². The molecule has 0 aromatic carbocycles. The van der Waals surface area contributed by atoms with Crippen molar-refractivity contribution in [3.63, 3.8) is 0 Å². The number of hydrogen-bond donors (Lipinski definition) is 1. The third-order valence-electron chi connectivity index (χ3n) is 3.86. The average molecular weight is 224 g/mol. The Bertz CT molecular complexity index is 201. The van der Waals surface area contributed by atoms with E-state index in [0.717, 1.165) is 18.9 Å². The van der Waals surface area contributed by atoms with Gasteiger partial charge in [-0.3, -0.25) is 4.90 Å². The van der Waals surface area contributed by atoms with Crippen LogP contribution >= 0.6 is 0 Å². The van der Waals surface area contributed by atoms with Gasteiger partial charge in [0.25, 0.3) is 0 Å². The minimum Gasteiger partial charge on any atom is -0.311 e. The van der Waals surface area contributed by atoms with Crippen molar-refractivity contribution in [2.75, 3.05) is 19.6 Å². The van der Waals surface area contributed by atoms with Crippen LogP contribution < -0.4 is 5.32 Å². The first-order valence-corrected chi connectivity index (χ1v) is 6.77. The van der Waals surface area contributed by atoms with E-state index in [-0.39, 0.29) is 0 Å². The predicted octanol–water partition coefficient (Wildman–Crippen LogP) is 2.66. The molecule has 16 heavy (non-hydrogen) atoms. The van der Waals surface area contributed by atoms with E-state index in [0.29, 0.717) is 12.1 Å². The maximum atomic E-state index is 3.84. The van der Waals surface area contributed by atoms with Crippen LogP contribution in [0.2, 0.25) is 0 Å². The van der Waals surface area contributed by atoms with Crippen LogP contribution in [0.4, 0.5) is 0 Å². The molecule has 0 radical (unpaired) electrons. The maximum absolute atomic E-state index is 3.84. The summed E-state index contributed by atoms with van der Waals surface area (Å²) in [6.45, 7) is 14.4. The highest BCUT2D eigenvalue weighted by Gasteiger charge is 2.24. The highest BCUT2D eigenvalue weighted by atomic mass is 15.2. The van der Waals surface area contributed by atoms with Crippen molar-refractivity contribution in [3.05, 3.63) is 12.7 Å². The van der Waals surface area contributed by atoms with E-state index in [4.69, 9.17) is 0 Å². The Hall–Kier alpha value is -0.340. The Morgan fingerprint density at radius 2 is 2.25 bits per heavy atom. The molecule has 0 spiro atoms. The molecule has 1 N–H and O–H groups in total. The van der Waals surface area contributed by atoms with Crippen molar-refractivity contribution in [1.29, 1.82) is 0 Å². The zero-order chi connectivity index (χ0) is 12.0. The standard InChI is InChI=1S/C14H28N2/c1-5-7-12(3)13(4)16-10-9-15-14(11-16)8-6-2/h5,12-15H,1,6-11H2,2-4H3. The summed E-state index contributed by atoms with van der Waals surface area (Å²) in [6, 6.07) is 1.39. The molecular formula is C14H28N2. The summed E-state index contributed by atoms with van der Waals surface area (Å²) in [4.78, 5) is 2.64. The maximum Gasteiger partial charge on any atom is 0.0195 e. The van der Waals surface area contributed by atoms with Gasteiger partial charge in [0.2, 0.25) is 0 Å². The van der Waals surface area contributed by atoms with Crippen molar-refractivity contribution in [2.45, 2.75) is 52.1 Å². The van der Waals surface area contributed by atoms with Crippen molar-refractivity contribution in [3.8, 4) is 0 Å². The minimum atomic E-state index is 0.680. The molecule has 0 bridgehead atoms. The molecule has 1 rings (SSSR count). The molecule has 2 nitrogen and oxygen atoms in total. The molecule has 3 atom stereocenters. The van der Waals surface area contributed by atoms with Crippen LogP contribution in [-0.2, 0) is 0 Å². The molecule has 0 saturated carbocycles. The molecular weight excluding hydrogens is 196 g/mol. The molecule has 0 amide bonds. The quantitative estimate of drug-likeness (QED) is 0.698. The van der Waals surface area contributed by atoms with Gasteiger partial charge in [0, 0.05) is 31.7 Å². The lowest BCUT2D eigenvalue weighted by Gasteiger charge is -2.39. The summed E-state index contributed by atoms with van der Waals surface area (Å²) < 4.78 is 0. The molecule has 1 heterocycles. The smallest absolute Gasteiger partial charge is 0.0195 e. The first-order chi connectivity index (χ1) is 7.69. The fraction of sp³-hybridized carbons (Fsp3) is 0.857. The fourth-order valence-electron chi connectivity index (χ4n) is 2.58. The highest BCUT2D eigenvalue weighted by molar-refractivity contribution is 4.85. The fourth-order valence-corrected chi connectivity index (χ4v) is 2.58. The second-order valence-electron chi connectivity index (χ2n) is 5.18. The summed E-state index contributed by atoms with van der Waals surface area (Å²) in [6.07, 6.45) is 5.76. The summed E-state index contributed by atoms with van der Waals surface area (Å²) in [7, 11) is 0. The van der Waals surface area contributed by atoms with Crippen molar-refractivity contribution in [1.82, 2.24) is 10.2 Å². The highest BCUT2D eigenvalue weighted by Crippen LogP contribution is 2.17. The molecule has 0 aromatic heterocycles. The second kappa shape index (κ2) is 7.08. The van der Waals surface area contributed by atoms with Gasteiger partial charge >= 0.3 is 0 Å². The number of allylic oxidation sites excluding steroid dienone is 1. The third-order valence-corrected chi connectivity index (χ3v) is 3.86. The van der Waals surface area contributed by atoms with Crippen molar-refractivity contribution < 1.29 is 0 Å². The minimum absolute atomic E-state index is 0.680. The molecule has 1 aliphatic heterocycles. The van der Waals surface area contributed by atoms with Gasteiger partial charge in [-0.2, -0.15) is 0 Å². The second-order valence-corrected chi connectivity index (χ2v) is 5.18. The molecule has 0 aromatic rings. The summed E-state index contributed by atoms with van der Waals surface area (Å²) >= 11 is 0. The van der Waals surface area contributed by atoms with Crippen LogP contribution in [-0.4, -0.2) is 36.6 Å².